The van der Waals surface area contributed by atoms with Crippen molar-refractivity contribution in [2.45, 2.75) is 25.8 Å². The lowest BCUT2D eigenvalue weighted by Gasteiger charge is -2.13. The molecular weight excluding hydrogens is 300 g/mol. The van der Waals surface area contributed by atoms with Gasteiger partial charge in [-0.05, 0) is 17.9 Å². The molecule has 6 nitrogen and oxygen atoms in total. The molecule has 0 bridgehead atoms. The van der Waals surface area contributed by atoms with Crippen LogP contribution in [0.3, 0.4) is 0 Å². The molecule has 22 heavy (non-hydrogen) atoms. The van der Waals surface area contributed by atoms with Crippen molar-refractivity contribution in [3.05, 3.63) is 47.8 Å². The Morgan fingerprint density at radius 1 is 1.27 bits per heavy atom. The first-order valence-electron chi connectivity index (χ1n) is 7.21. The van der Waals surface area contributed by atoms with E-state index in [1.165, 1.54) is 16.1 Å². The summed E-state index contributed by atoms with van der Waals surface area (Å²) in [5, 5.41) is 8.23. The van der Waals surface area contributed by atoms with E-state index in [4.69, 9.17) is 0 Å². The lowest BCUT2D eigenvalue weighted by molar-refractivity contribution is 0.432. The molecule has 1 aromatic heterocycles. The van der Waals surface area contributed by atoms with E-state index in [2.05, 4.69) is 29.4 Å². The molecule has 0 fully saturated rings. The Morgan fingerprint density at radius 2 is 1.95 bits per heavy atom. The maximum absolute atomic E-state index is 11.3. The summed E-state index contributed by atoms with van der Waals surface area (Å²) in [4.78, 5) is 0. The second-order valence-corrected chi connectivity index (χ2v) is 7.66. The summed E-state index contributed by atoms with van der Waals surface area (Å²) in [5.41, 5.74) is 2.19. The van der Waals surface area contributed by atoms with Crippen molar-refractivity contribution in [3.8, 4) is 0 Å². The molecule has 0 radical (unpaired) electrons. The van der Waals surface area contributed by atoms with Crippen molar-refractivity contribution in [1.29, 1.82) is 0 Å². The molecule has 120 valence electrons. The molecule has 0 N–H and O–H groups in total. The number of hydrogen-bond donors (Lipinski definition) is 0. The van der Waals surface area contributed by atoms with E-state index in [-0.39, 0.29) is 0 Å². The molecule has 0 saturated carbocycles. The molecule has 1 atom stereocenters. The van der Waals surface area contributed by atoms with Crippen molar-refractivity contribution in [2.24, 2.45) is 0 Å². The summed E-state index contributed by atoms with van der Waals surface area (Å²) < 4.78 is 25.7. The van der Waals surface area contributed by atoms with Crippen molar-refractivity contribution in [2.75, 3.05) is 19.8 Å². The molecule has 2 rings (SSSR count). The largest absolute Gasteiger partial charge is 0.251 e. The van der Waals surface area contributed by atoms with Crippen LogP contribution in [0.1, 0.15) is 24.1 Å². The fraction of sp³-hybridized carbons (Fsp3) is 0.467. The zero-order valence-electron chi connectivity index (χ0n) is 13.2. The van der Waals surface area contributed by atoms with Crippen LogP contribution >= 0.6 is 0 Å². The third kappa shape index (κ3) is 4.64. The van der Waals surface area contributed by atoms with E-state index in [1.54, 1.807) is 11.7 Å². The Bertz CT molecular complexity index is 697. The monoisotopic (exact) mass is 322 g/mol. The zero-order chi connectivity index (χ0) is 16.2. The number of aromatic nitrogens is 3. The van der Waals surface area contributed by atoms with Crippen LogP contribution in [0, 0.1) is 0 Å². The number of hydrogen-bond acceptors (Lipinski definition) is 4. The van der Waals surface area contributed by atoms with Crippen LogP contribution in [-0.2, 0) is 23.0 Å². The molecule has 0 unspecified atom stereocenters. The van der Waals surface area contributed by atoms with Crippen LogP contribution in [0.2, 0.25) is 0 Å². The van der Waals surface area contributed by atoms with Gasteiger partial charge in [-0.2, -0.15) is 0 Å². The van der Waals surface area contributed by atoms with Gasteiger partial charge in [0.05, 0.1) is 18.5 Å². The van der Waals surface area contributed by atoms with Crippen LogP contribution in [0.25, 0.3) is 0 Å². The molecule has 1 heterocycles. The Balaban J connectivity index is 1.92. The van der Waals surface area contributed by atoms with Gasteiger partial charge >= 0.3 is 0 Å². The number of rotatable bonds is 7. The number of sulfonamides is 1. The fourth-order valence-electron chi connectivity index (χ4n) is 2.16. The molecule has 0 saturated heterocycles. The first kappa shape index (κ1) is 16.6. The Morgan fingerprint density at radius 3 is 2.59 bits per heavy atom. The summed E-state index contributed by atoms with van der Waals surface area (Å²) in [7, 11) is -1.59. The van der Waals surface area contributed by atoms with Gasteiger partial charge in [-0.15, -0.1) is 5.10 Å². The third-order valence-corrected chi connectivity index (χ3v) is 5.00. The van der Waals surface area contributed by atoms with Gasteiger partial charge in [-0.25, -0.2) is 12.7 Å². The highest BCUT2D eigenvalue weighted by atomic mass is 32.2. The quantitative estimate of drug-likeness (QED) is 0.775. The molecule has 2 aromatic rings. The summed E-state index contributed by atoms with van der Waals surface area (Å²) in [6, 6.07) is 10.3. The van der Waals surface area contributed by atoms with Crippen LogP contribution in [0.5, 0.6) is 0 Å². The minimum absolute atomic E-state index is 0.366. The average Bonchev–Trinajstić information content (AvgIpc) is 2.92. The molecule has 7 heteroatoms. The topological polar surface area (TPSA) is 68.1 Å². The van der Waals surface area contributed by atoms with Gasteiger partial charge in [0, 0.05) is 19.8 Å². The van der Waals surface area contributed by atoms with Gasteiger partial charge in [0.25, 0.3) is 0 Å². The summed E-state index contributed by atoms with van der Waals surface area (Å²) in [5.74, 6) is 0.366. The van der Waals surface area contributed by atoms with Gasteiger partial charge in [0.2, 0.25) is 10.0 Å². The van der Waals surface area contributed by atoms with Crippen molar-refractivity contribution >= 4 is 10.0 Å². The van der Waals surface area contributed by atoms with Crippen LogP contribution in [0.4, 0.5) is 0 Å². The minimum atomic E-state index is -3.15. The van der Waals surface area contributed by atoms with Crippen molar-refractivity contribution in [3.63, 3.8) is 0 Å². The first-order chi connectivity index (χ1) is 10.4. The van der Waals surface area contributed by atoms with Gasteiger partial charge in [-0.3, -0.25) is 4.68 Å². The van der Waals surface area contributed by atoms with E-state index in [0.717, 1.165) is 12.1 Å². The molecular formula is C15H22N4O2S. The molecule has 0 spiro atoms. The number of likely N-dealkylation sites (N-methyl/N-ethyl adjacent to an activating group) is 1. The second-order valence-electron chi connectivity index (χ2n) is 5.57. The predicted octanol–water partition coefficient (Wildman–Crippen LogP) is 1.52. The van der Waals surface area contributed by atoms with Crippen molar-refractivity contribution < 1.29 is 8.42 Å². The fourth-order valence-corrected chi connectivity index (χ4v) is 2.58. The standard InChI is InChI=1S/C15H22N4O2S/c1-13(14-7-5-4-6-8-14)11-15-12-19(17-16-15)10-9-18(2)22(3,20)21/h4-8,12-13H,9-11H2,1-3H3/t13-/m1/s1. The Labute approximate surface area is 131 Å². The number of benzene rings is 1. The normalized spacial score (nSPS) is 13.5. The van der Waals surface area contributed by atoms with Gasteiger partial charge in [0.1, 0.15) is 0 Å². The lowest BCUT2D eigenvalue weighted by Crippen LogP contribution is -2.29. The molecule has 0 aliphatic rings. The second kappa shape index (κ2) is 7.02. The summed E-state index contributed by atoms with van der Waals surface area (Å²) in [6.07, 6.45) is 3.89. The van der Waals surface area contributed by atoms with Gasteiger partial charge in [-0.1, -0.05) is 42.5 Å². The van der Waals surface area contributed by atoms with E-state index < -0.39 is 10.0 Å². The third-order valence-electron chi connectivity index (χ3n) is 3.68. The molecule has 0 aliphatic carbocycles. The summed E-state index contributed by atoms with van der Waals surface area (Å²) >= 11 is 0. The van der Waals surface area contributed by atoms with Crippen LogP contribution in [0.15, 0.2) is 36.5 Å². The first-order valence-corrected chi connectivity index (χ1v) is 9.06. The lowest BCUT2D eigenvalue weighted by atomic mass is 9.97. The number of nitrogens with zero attached hydrogens (tertiary/aromatic N) is 4. The highest BCUT2D eigenvalue weighted by Gasteiger charge is 2.12. The summed E-state index contributed by atoms with van der Waals surface area (Å²) in [6.45, 7) is 3.04. The highest BCUT2D eigenvalue weighted by molar-refractivity contribution is 7.88. The maximum Gasteiger partial charge on any atom is 0.211 e. The van der Waals surface area contributed by atoms with Gasteiger partial charge in [0.15, 0.2) is 0 Å². The zero-order valence-corrected chi connectivity index (χ0v) is 14.0. The van der Waals surface area contributed by atoms with Crippen LogP contribution in [-0.4, -0.2) is 47.6 Å². The van der Waals surface area contributed by atoms with Gasteiger partial charge < -0.3 is 0 Å². The maximum atomic E-state index is 11.3. The Hall–Kier alpha value is -1.73. The van der Waals surface area contributed by atoms with E-state index >= 15 is 0 Å². The Kier molecular flexibility index (Phi) is 5.31. The SMILES string of the molecule is C[C@H](Cc1cn(CCN(C)S(C)(=O)=O)nn1)c1ccccc1. The smallest absolute Gasteiger partial charge is 0.211 e. The minimum Gasteiger partial charge on any atom is -0.251 e. The van der Waals surface area contributed by atoms with E-state index in [1.807, 2.05) is 24.4 Å². The molecule has 0 amide bonds. The van der Waals surface area contributed by atoms with E-state index in [9.17, 15) is 8.42 Å². The van der Waals surface area contributed by atoms with Crippen LogP contribution < -0.4 is 0 Å². The molecule has 0 aliphatic heterocycles. The van der Waals surface area contributed by atoms with E-state index in [0.29, 0.717) is 19.0 Å². The highest BCUT2D eigenvalue weighted by Crippen LogP contribution is 2.18. The predicted molar refractivity (Wildman–Crippen MR) is 86.1 cm³/mol. The molecule has 1 aromatic carbocycles. The van der Waals surface area contributed by atoms with Crippen molar-refractivity contribution in [1.82, 2.24) is 19.3 Å². The average molecular weight is 322 g/mol.